The highest BCUT2D eigenvalue weighted by Gasteiger charge is 2.08. The molecule has 0 unspecified atom stereocenters. The van der Waals surface area contributed by atoms with Crippen LogP contribution < -0.4 is 0 Å². The molecule has 0 N–H and O–H groups in total. The van der Waals surface area contributed by atoms with Crippen LogP contribution in [0.4, 0.5) is 0 Å². The van der Waals surface area contributed by atoms with Crippen LogP contribution in [0.1, 0.15) is 5.56 Å². The first kappa shape index (κ1) is 13.6. The molecule has 3 heteroatoms. The average Bonchev–Trinajstić information content (AvgIpc) is 3.04. The fourth-order valence-corrected chi connectivity index (χ4v) is 2.95. The van der Waals surface area contributed by atoms with Gasteiger partial charge in [-0.15, -0.1) is 11.3 Å². The summed E-state index contributed by atoms with van der Waals surface area (Å²) in [6.45, 7) is 0. The third kappa shape index (κ3) is 3.03. The molecule has 0 saturated carbocycles. The van der Waals surface area contributed by atoms with E-state index in [1.54, 1.807) is 24.7 Å². The fourth-order valence-electron chi connectivity index (χ4n) is 2.13. The number of ether oxygens (including phenoxy) is 1. The molecule has 3 rings (SSSR count). The van der Waals surface area contributed by atoms with Crippen molar-refractivity contribution < 1.29 is 4.74 Å². The lowest BCUT2D eigenvalue weighted by molar-refractivity contribution is 0.341. The van der Waals surface area contributed by atoms with Gasteiger partial charge in [-0.3, -0.25) is 0 Å². The molecule has 0 saturated heterocycles. The largest absolute Gasteiger partial charge is 0.504 e. The van der Waals surface area contributed by atoms with Crippen molar-refractivity contribution in [2.75, 3.05) is 7.11 Å². The summed E-state index contributed by atoms with van der Waals surface area (Å²) in [6, 6.07) is 18.4. The van der Waals surface area contributed by atoms with Crippen LogP contribution in [-0.4, -0.2) is 12.1 Å². The number of rotatable bonds is 4. The molecule has 3 aromatic rings. The van der Waals surface area contributed by atoms with E-state index in [4.69, 9.17) is 9.72 Å². The predicted molar refractivity (Wildman–Crippen MR) is 89.0 cm³/mol. The molecule has 2 nitrogen and oxygen atoms in total. The van der Waals surface area contributed by atoms with Gasteiger partial charge in [0.05, 0.1) is 19.1 Å². The summed E-state index contributed by atoms with van der Waals surface area (Å²) >= 11 is 1.66. The van der Waals surface area contributed by atoms with Gasteiger partial charge in [0.2, 0.25) is 0 Å². The molecule has 0 amide bonds. The average molecular weight is 293 g/mol. The Morgan fingerprint density at radius 1 is 1.00 bits per heavy atom. The van der Waals surface area contributed by atoms with Crippen LogP contribution in [0, 0.1) is 0 Å². The molecule has 2 aromatic carbocycles. The van der Waals surface area contributed by atoms with Crippen molar-refractivity contribution in [1.82, 2.24) is 4.98 Å². The Hall–Kier alpha value is -2.39. The molecule has 0 bridgehead atoms. The van der Waals surface area contributed by atoms with Gasteiger partial charge in [0.15, 0.2) is 0 Å². The van der Waals surface area contributed by atoms with Gasteiger partial charge in [-0.25, -0.2) is 4.98 Å². The zero-order valence-corrected chi connectivity index (χ0v) is 12.5. The minimum absolute atomic E-state index is 0.996. The van der Waals surface area contributed by atoms with E-state index >= 15 is 0 Å². The molecule has 0 aliphatic rings. The zero-order chi connectivity index (χ0) is 14.5. The van der Waals surface area contributed by atoms with Crippen LogP contribution in [0.2, 0.25) is 0 Å². The van der Waals surface area contributed by atoms with Crippen LogP contribution in [0.15, 0.2) is 66.2 Å². The van der Waals surface area contributed by atoms with Gasteiger partial charge in [-0.2, -0.15) is 0 Å². The van der Waals surface area contributed by atoms with Crippen LogP contribution in [-0.2, 0) is 4.74 Å². The monoisotopic (exact) mass is 293 g/mol. The van der Waals surface area contributed by atoms with Crippen molar-refractivity contribution in [3.8, 4) is 21.8 Å². The molecule has 21 heavy (non-hydrogen) atoms. The van der Waals surface area contributed by atoms with Crippen LogP contribution in [0.25, 0.3) is 27.9 Å². The summed E-state index contributed by atoms with van der Waals surface area (Å²) in [7, 11) is 1.65. The molecular weight excluding hydrogens is 278 g/mol. The van der Waals surface area contributed by atoms with Crippen molar-refractivity contribution in [2.45, 2.75) is 0 Å². The smallest absolute Gasteiger partial charge is 0.124 e. The summed E-state index contributed by atoms with van der Waals surface area (Å²) in [6.07, 6.45) is 3.64. The predicted octanol–water partition coefficient (Wildman–Crippen LogP) is 5.09. The minimum atomic E-state index is 0.996. The minimum Gasteiger partial charge on any atom is -0.504 e. The van der Waals surface area contributed by atoms with Crippen LogP contribution >= 0.6 is 11.3 Å². The van der Waals surface area contributed by atoms with E-state index < -0.39 is 0 Å². The fraction of sp³-hybridized carbons (Fsp3) is 0.0556. The maximum absolute atomic E-state index is 5.01. The van der Waals surface area contributed by atoms with Gasteiger partial charge in [0, 0.05) is 16.5 Å². The Balaban J connectivity index is 1.99. The first-order chi connectivity index (χ1) is 10.4. The van der Waals surface area contributed by atoms with E-state index in [1.807, 2.05) is 36.4 Å². The van der Waals surface area contributed by atoms with Gasteiger partial charge in [0.25, 0.3) is 0 Å². The third-order valence-corrected chi connectivity index (χ3v) is 4.04. The van der Waals surface area contributed by atoms with Crippen LogP contribution in [0.5, 0.6) is 0 Å². The van der Waals surface area contributed by atoms with Gasteiger partial charge in [0.1, 0.15) is 5.01 Å². The normalized spacial score (nSPS) is 10.9. The standard InChI is InChI=1S/C18H15NOS/c1-20-12-11-14-7-5-6-10-16(14)17-13-21-18(19-17)15-8-3-2-4-9-15/h2-13H,1H3/b12-11+. The highest BCUT2D eigenvalue weighted by molar-refractivity contribution is 7.13. The van der Waals surface area contributed by atoms with Crippen molar-refractivity contribution >= 4 is 17.4 Å². The number of thiazole rings is 1. The SMILES string of the molecule is CO/C=C/c1ccccc1-c1csc(-c2ccccc2)n1. The number of aromatic nitrogens is 1. The van der Waals surface area contributed by atoms with E-state index in [1.165, 1.54) is 0 Å². The Morgan fingerprint density at radius 3 is 2.57 bits per heavy atom. The Labute approximate surface area is 128 Å². The number of methoxy groups -OCH3 is 1. The summed E-state index contributed by atoms with van der Waals surface area (Å²) in [4.78, 5) is 4.76. The first-order valence-corrected chi connectivity index (χ1v) is 7.56. The number of nitrogens with zero attached hydrogens (tertiary/aromatic N) is 1. The van der Waals surface area contributed by atoms with Gasteiger partial charge in [-0.05, 0) is 11.6 Å². The lowest BCUT2D eigenvalue weighted by Gasteiger charge is -2.02. The molecule has 1 aromatic heterocycles. The highest BCUT2D eigenvalue weighted by atomic mass is 32.1. The zero-order valence-electron chi connectivity index (χ0n) is 11.7. The van der Waals surface area contributed by atoms with E-state index in [-0.39, 0.29) is 0 Å². The number of hydrogen-bond acceptors (Lipinski definition) is 3. The van der Waals surface area contributed by atoms with Gasteiger partial charge < -0.3 is 4.74 Å². The molecule has 0 aliphatic carbocycles. The van der Waals surface area contributed by atoms with Crippen molar-refractivity contribution in [3.63, 3.8) is 0 Å². The summed E-state index contributed by atoms with van der Waals surface area (Å²) in [5.41, 5.74) is 4.36. The topological polar surface area (TPSA) is 22.1 Å². The number of hydrogen-bond donors (Lipinski definition) is 0. The molecule has 0 aliphatic heterocycles. The summed E-state index contributed by atoms with van der Waals surface area (Å²) in [5, 5.41) is 3.14. The maximum Gasteiger partial charge on any atom is 0.124 e. The van der Waals surface area contributed by atoms with E-state index in [2.05, 4.69) is 29.6 Å². The molecule has 1 heterocycles. The lowest BCUT2D eigenvalue weighted by atomic mass is 10.1. The highest BCUT2D eigenvalue weighted by Crippen LogP contribution is 2.30. The maximum atomic E-state index is 5.01. The number of benzene rings is 2. The third-order valence-electron chi connectivity index (χ3n) is 3.15. The second kappa shape index (κ2) is 6.37. The van der Waals surface area contributed by atoms with Crippen molar-refractivity contribution in [1.29, 1.82) is 0 Å². The van der Waals surface area contributed by atoms with Crippen LogP contribution in [0.3, 0.4) is 0 Å². The summed E-state index contributed by atoms with van der Waals surface area (Å²) in [5.74, 6) is 0. The Kier molecular flexibility index (Phi) is 4.12. The Bertz CT molecular complexity index is 747. The quantitative estimate of drug-likeness (QED) is 0.625. The second-order valence-electron chi connectivity index (χ2n) is 4.53. The van der Waals surface area contributed by atoms with E-state index in [0.29, 0.717) is 0 Å². The molecule has 0 radical (unpaired) electrons. The molecular formula is C18H15NOS. The van der Waals surface area contributed by atoms with Crippen molar-refractivity contribution in [3.05, 3.63) is 71.8 Å². The second-order valence-corrected chi connectivity index (χ2v) is 5.39. The van der Waals surface area contributed by atoms with Crippen molar-refractivity contribution in [2.24, 2.45) is 0 Å². The molecule has 0 spiro atoms. The Morgan fingerprint density at radius 2 is 1.76 bits per heavy atom. The van der Waals surface area contributed by atoms with E-state index in [0.717, 1.165) is 27.4 Å². The first-order valence-electron chi connectivity index (χ1n) is 6.68. The van der Waals surface area contributed by atoms with Gasteiger partial charge in [-0.1, -0.05) is 54.6 Å². The lowest BCUT2D eigenvalue weighted by Crippen LogP contribution is -1.84. The summed E-state index contributed by atoms with van der Waals surface area (Å²) < 4.78 is 5.01. The van der Waals surface area contributed by atoms with Gasteiger partial charge >= 0.3 is 0 Å². The molecule has 104 valence electrons. The van der Waals surface area contributed by atoms with E-state index in [9.17, 15) is 0 Å². The molecule has 0 fully saturated rings. The molecule has 0 atom stereocenters.